The molecule has 3 atom stereocenters. The molecule has 0 amide bonds. The molecule has 0 saturated carbocycles. The highest BCUT2D eigenvalue weighted by atomic mass is 16.6. The van der Waals surface area contributed by atoms with Gasteiger partial charge in [0.1, 0.15) is 0 Å². The number of methoxy groups -OCH3 is 1. The van der Waals surface area contributed by atoms with Crippen LogP contribution in [0.2, 0.25) is 0 Å². The van der Waals surface area contributed by atoms with E-state index in [1.54, 1.807) is 13.2 Å². The molecule has 0 spiro atoms. The number of rotatable bonds is 3. The van der Waals surface area contributed by atoms with Crippen molar-refractivity contribution in [3.8, 4) is 0 Å². The highest BCUT2D eigenvalue weighted by Crippen LogP contribution is 2.22. The minimum Gasteiger partial charge on any atom is -0.379 e. The van der Waals surface area contributed by atoms with Gasteiger partial charge in [0.05, 0.1) is 12.2 Å². The molecule has 1 N–H and O–H groups in total. The lowest BCUT2D eigenvalue weighted by Crippen LogP contribution is -2.39. The summed E-state index contributed by atoms with van der Waals surface area (Å²) in [6.45, 7) is 3.63. The van der Waals surface area contributed by atoms with Crippen molar-refractivity contribution in [3.05, 3.63) is 12.7 Å². The Morgan fingerprint density at radius 2 is 2.42 bits per heavy atom. The second-order valence-electron chi connectivity index (χ2n) is 3.01. The molecule has 0 aliphatic carbocycles. The van der Waals surface area contributed by atoms with Gasteiger partial charge >= 0.3 is 0 Å². The molecule has 1 heterocycles. The van der Waals surface area contributed by atoms with Gasteiger partial charge in [-0.05, 0) is 12.8 Å². The Morgan fingerprint density at radius 1 is 1.67 bits per heavy atom. The van der Waals surface area contributed by atoms with Crippen molar-refractivity contribution in [2.24, 2.45) is 0 Å². The molecule has 0 bridgehead atoms. The van der Waals surface area contributed by atoms with Crippen LogP contribution in [-0.4, -0.2) is 30.7 Å². The van der Waals surface area contributed by atoms with Gasteiger partial charge in [-0.25, -0.2) is 0 Å². The van der Waals surface area contributed by atoms with Crippen molar-refractivity contribution in [1.29, 1.82) is 0 Å². The van der Waals surface area contributed by atoms with Crippen molar-refractivity contribution in [3.63, 3.8) is 0 Å². The monoisotopic (exact) mass is 172 g/mol. The number of hydrogen-bond acceptors (Lipinski definition) is 3. The third-order valence-electron chi connectivity index (χ3n) is 2.15. The van der Waals surface area contributed by atoms with Crippen LogP contribution in [0.5, 0.6) is 0 Å². The Balaban J connectivity index is 2.45. The molecule has 1 rings (SSSR count). The molecule has 1 aliphatic heterocycles. The fourth-order valence-corrected chi connectivity index (χ4v) is 1.49. The Kier molecular flexibility index (Phi) is 3.72. The Labute approximate surface area is 73.0 Å². The van der Waals surface area contributed by atoms with Crippen molar-refractivity contribution >= 4 is 0 Å². The van der Waals surface area contributed by atoms with Crippen molar-refractivity contribution in [2.75, 3.05) is 7.11 Å². The molecule has 0 aromatic carbocycles. The van der Waals surface area contributed by atoms with Gasteiger partial charge in [0.25, 0.3) is 0 Å². The first-order valence-electron chi connectivity index (χ1n) is 4.25. The smallest absolute Gasteiger partial charge is 0.155 e. The zero-order valence-electron chi connectivity index (χ0n) is 7.40. The summed E-state index contributed by atoms with van der Waals surface area (Å²) in [5.41, 5.74) is 0. The first kappa shape index (κ1) is 9.71. The van der Waals surface area contributed by atoms with E-state index >= 15 is 0 Å². The first-order valence-corrected chi connectivity index (χ1v) is 4.25. The fraction of sp³-hybridized carbons (Fsp3) is 0.778. The Hall–Kier alpha value is -0.380. The fourth-order valence-electron chi connectivity index (χ4n) is 1.49. The maximum atomic E-state index is 9.21. The van der Waals surface area contributed by atoms with Gasteiger partial charge < -0.3 is 14.6 Å². The number of ether oxygens (including phenoxy) is 2. The SMILES string of the molecule is C=CC[C@@H]1OC(O)CCC1OC. The number of aliphatic hydroxyl groups excluding tert-OH is 1. The van der Waals surface area contributed by atoms with Gasteiger partial charge in [0.2, 0.25) is 0 Å². The minimum atomic E-state index is -0.624. The highest BCUT2D eigenvalue weighted by molar-refractivity contribution is 4.82. The molecule has 12 heavy (non-hydrogen) atoms. The number of hydrogen-bond donors (Lipinski definition) is 1. The van der Waals surface area contributed by atoms with E-state index in [2.05, 4.69) is 6.58 Å². The normalized spacial score (nSPS) is 36.3. The third-order valence-corrected chi connectivity index (χ3v) is 2.15. The van der Waals surface area contributed by atoms with Crippen LogP contribution in [-0.2, 0) is 9.47 Å². The summed E-state index contributed by atoms with van der Waals surface area (Å²) in [6, 6.07) is 0. The van der Waals surface area contributed by atoms with Crippen LogP contribution in [0.15, 0.2) is 12.7 Å². The highest BCUT2D eigenvalue weighted by Gasteiger charge is 2.28. The predicted molar refractivity (Wildman–Crippen MR) is 45.7 cm³/mol. The summed E-state index contributed by atoms with van der Waals surface area (Å²) in [4.78, 5) is 0. The lowest BCUT2D eigenvalue weighted by molar-refractivity contribution is -0.202. The Morgan fingerprint density at radius 3 is 3.00 bits per heavy atom. The van der Waals surface area contributed by atoms with Crippen LogP contribution < -0.4 is 0 Å². The maximum absolute atomic E-state index is 9.21. The largest absolute Gasteiger partial charge is 0.379 e. The van der Waals surface area contributed by atoms with Gasteiger partial charge in [-0.2, -0.15) is 0 Å². The molecule has 2 unspecified atom stereocenters. The quantitative estimate of drug-likeness (QED) is 0.647. The molecule has 0 radical (unpaired) electrons. The average Bonchev–Trinajstić information content (AvgIpc) is 2.05. The van der Waals surface area contributed by atoms with Crippen LogP contribution in [0.4, 0.5) is 0 Å². The molecule has 1 aliphatic rings. The van der Waals surface area contributed by atoms with E-state index in [4.69, 9.17) is 9.47 Å². The van der Waals surface area contributed by atoms with Crippen LogP contribution in [0.1, 0.15) is 19.3 Å². The van der Waals surface area contributed by atoms with Crippen LogP contribution >= 0.6 is 0 Å². The summed E-state index contributed by atoms with van der Waals surface area (Å²) in [5.74, 6) is 0. The second-order valence-corrected chi connectivity index (χ2v) is 3.01. The van der Waals surface area contributed by atoms with E-state index in [1.165, 1.54) is 0 Å². The van der Waals surface area contributed by atoms with E-state index < -0.39 is 6.29 Å². The van der Waals surface area contributed by atoms with E-state index in [0.717, 1.165) is 12.8 Å². The predicted octanol–water partition coefficient (Wildman–Crippen LogP) is 1.07. The van der Waals surface area contributed by atoms with Gasteiger partial charge in [-0.3, -0.25) is 0 Å². The summed E-state index contributed by atoms with van der Waals surface area (Å²) in [6.07, 6.45) is 3.48. The second kappa shape index (κ2) is 4.60. The average molecular weight is 172 g/mol. The van der Waals surface area contributed by atoms with Gasteiger partial charge in [-0.15, -0.1) is 6.58 Å². The molecular weight excluding hydrogens is 156 g/mol. The molecule has 3 heteroatoms. The lowest BCUT2D eigenvalue weighted by Gasteiger charge is -2.32. The summed E-state index contributed by atoms with van der Waals surface area (Å²) >= 11 is 0. The van der Waals surface area contributed by atoms with E-state index in [-0.39, 0.29) is 12.2 Å². The molecule has 3 nitrogen and oxygen atoms in total. The van der Waals surface area contributed by atoms with E-state index in [1.807, 2.05) is 0 Å². The zero-order valence-corrected chi connectivity index (χ0v) is 7.40. The molecule has 0 aromatic heterocycles. The van der Waals surface area contributed by atoms with Gasteiger partial charge in [-0.1, -0.05) is 6.08 Å². The van der Waals surface area contributed by atoms with Crippen LogP contribution in [0, 0.1) is 0 Å². The third kappa shape index (κ3) is 2.30. The minimum absolute atomic E-state index is 0.0313. The maximum Gasteiger partial charge on any atom is 0.155 e. The van der Waals surface area contributed by atoms with Crippen LogP contribution in [0.3, 0.4) is 0 Å². The molecule has 1 saturated heterocycles. The van der Waals surface area contributed by atoms with Crippen molar-refractivity contribution in [2.45, 2.75) is 37.8 Å². The van der Waals surface area contributed by atoms with E-state index in [0.29, 0.717) is 6.42 Å². The first-order chi connectivity index (χ1) is 5.77. The summed E-state index contributed by atoms with van der Waals surface area (Å²) in [7, 11) is 1.67. The standard InChI is InChI=1S/C9H16O3/c1-3-4-8-7(11-2)5-6-9(10)12-8/h3,7-10H,1,4-6H2,2H3/t7?,8-,9?/m0/s1. The van der Waals surface area contributed by atoms with Crippen molar-refractivity contribution in [1.82, 2.24) is 0 Å². The number of aliphatic hydroxyl groups is 1. The summed E-state index contributed by atoms with van der Waals surface area (Å²) < 4.78 is 10.5. The van der Waals surface area contributed by atoms with Crippen molar-refractivity contribution < 1.29 is 14.6 Å². The van der Waals surface area contributed by atoms with E-state index in [9.17, 15) is 5.11 Å². The Bertz CT molecular complexity index is 147. The molecular formula is C9H16O3. The lowest BCUT2D eigenvalue weighted by atomic mass is 10.0. The van der Waals surface area contributed by atoms with Crippen LogP contribution in [0.25, 0.3) is 0 Å². The molecule has 1 fully saturated rings. The van der Waals surface area contributed by atoms with Gasteiger partial charge in [0, 0.05) is 13.5 Å². The molecule has 70 valence electrons. The zero-order chi connectivity index (χ0) is 8.97. The van der Waals surface area contributed by atoms with Gasteiger partial charge in [0.15, 0.2) is 6.29 Å². The molecule has 0 aromatic rings. The summed E-state index contributed by atoms with van der Waals surface area (Å²) in [5, 5.41) is 9.21. The topological polar surface area (TPSA) is 38.7 Å².